The van der Waals surface area contributed by atoms with Crippen LogP contribution in [-0.2, 0) is 0 Å². The number of aromatic nitrogens is 4. The average Bonchev–Trinajstić information content (AvgIpc) is 2.29. The molecule has 0 aromatic carbocycles. The van der Waals surface area contributed by atoms with Gasteiger partial charge in [-0.3, -0.25) is 0 Å². The number of rotatable bonds is 1. The number of nitrogens with zero attached hydrogens (tertiary/aromatic N) is 5. The SMILES string of the molecule is Cc1nccc(-c2ncc(C#N)c(N)n2)n1. The summed E-state index contributed by atoms with van der Waals surface area (Å²) in [5, 5.41) is 8.69. The van der Waals surface area contributed by atoms with Crippen molar-refractivity contribution in [2.45, 2.75) is 6.92 Å². The van der Waals surface area contributed by atoms with Crippen LogP contribution in [0.25, 0.3) is 11.5 Å². The zero-order valence-corrected chi connectivity index (χ0v) is 8.55. The van der Waals surface area contributed by atoms with Gasteiger partial charge in [-0.2, -0.15) is 5.26 Å². The van der Waals surface area contributed by atoms with Crippen molar-refractivity contribution in [3.8, 4) is 17.6 Å². The van der Waals surface area contributed by atoms with Gasteiger partial charge in [0.05, 0.1) is 6.20 Å². The van der Waals surface area contributed by atoms with Crippen molar-refractivity contribution in [1.29, 1.82) is 5.26 Å². The molecule has 0 amide bonds. The number of nitriles is 1. The maximum atomic E-state index is 8.69. The first kappa shape index (κ1) is 9.98. The number of aryl methyl sites for hydroxylation is 1. The standard InChI is InChI=1S/C10H8N6/c1-6-13-3-2-8(15-6)10-14-5-7(4-11)9(12)16-10/h2-3,5H,1H3,(H2,12,14,16). The van der Waals surface area contributed by atoms with E-state index in [4.69, 9.17) is 11.0 Å². The Morgan fingerprint density at radius 3 is 2.75 bits per heavy atom. The highest BCUT2D eigenvalue weighted by atomic mass is 15.0. The summed E-state index contributed by atoms with van der Waals surface area (Å²) in [6.07, 6.45) is 3.00. The van der Waals surface area contributed by atoms with E-state index in [1.165, 1.54) is 6.20 Å². The Bertz CT molecular complexity index is 572. The van der Waals surface area contributed by atoms with Crippen LogP contribution >= 0.6 is 0 Å². The summed E-state index contributed by atoms with van der Waals surface area (Å²) in [4.78, 5) is 16.2. The van der Waals surface area contributed by atoms with Gasteiger partial charge in [0.2, 0.25) is 0 Å². The van der Waals surface area contributed by atoms with Crippen molar-refractivity contribution < 1.29 is 0 Å². The first-order valence-corrected chi connectivity index (χ1v) is 4.53. The van der Waals surface area contributed by atoms with Crippen molar-refractivity contribution in [3.63, 3.8) is 0 Å². The van der Waals surface area contributed by atoms with E-state index in [0.29, 0.717) is 17.3 Å². The molecule has 0 aliphatic carbocycles. The van der Waals surface area contributed by atoms with Gasteiger partial charge in [0, 0.05) is 6.20 Å². The average molecular weight is 212 g/mol. The largest absolute Gasteiger partial charge is 0.382 e. The second-order valence-electron chi connectivity index (χ2n) is 3.09. The summed E-state index contributed by atoms with van der Waals surface area (Å²) < 4.78 is 0. The van der Waals surface area contributed by atoms with Crippen molar-refractivity contribution in [2.24, 2.45) is 0 Å². The number of hydrogen-bond acceptors (Lipinski definition) is 6. The van der Waals surface area contributed by atoms with Gasteiger partial charge < -0.3 is 5.73 Å². The molecular formula is C10H8N6. The normalized spacial score (nSPS) is 9.75. The molecule has 0 radical (unpaired) electrons. The van der Waals surface area contributed by atoms with E-state index in [-0.39, 0.29) is 11.4 Å². The van der Waals surface area contributed by atoms with E-state index in [1.807, 2.05) is 6.07 Å². The fraction of sp³-hybridized carbons (Fsp3) is 0.100. The van der Waals surface area contributed by atoms with Gasteiger partial charge in [-0.25, -0.2) is 19.9 Å². The van der Waals surface area contributed by atoms with E-state index in [9.17, 15) is 0 Å². The monoisotopic (exact) mass is 212 g/mol. The molecule has 78 valence electrons. The summed E-state index contributed by atoms with van der Waals surface area (Å²) in [5.41, 5.74) is 6.44. The second kappa shape index (κ2) is 3.90. The van der Waals surface area contributed by atoms with Gasteiger partial charge in [-0.15, -0.1) is 0 Å². The zero-order valence-electron chi connectivity index (χ0n) is 8.55. The molecule has 0 saturated heterocycles. The molecule has 2 N–H and O–H groups in total. The summed E-state index contributed by atoms with van der Waals surface area (Å²) in [6.45, 7) is 1.77. The molecule has 2 heterocycles. The molecule has 0 unspecified atom stereocenters. The quantitative estimate of drug-likeness (QED) is 0.746. The Hall–Kier alpha value is -2.55. The van der Waals surface area contributed by atoms with Crippen LogP contribution in [0.1, 0.15) is 11.4 Å². The van der Waals surface area contributed by atoms with Crippen molar-refractivity contribution in [1.82, 2.24) is 19.9 Å². The molecular weight excluding hydrogens is 204 g/mol. The molecule has 2 rings (SSSR count). The van der Waals surface area contributed by atoms with Crippen LogP contribution in [0.5, 0.6) is 0 Å². The minimum Gasteiger partial charge on any atom is -0.382 e. The lowest BCUT2D eigenvalue weighted by molar-refractivity contribution is 1.03. The van der Waals surface area contributed by atoms with Crippen LogP contribution < -0.4 is 5.73 Å². The Balaban J connectivity index is 2.50. The molecule has 0 aliphatic rings. The molecule has 2 aromatic rings. The van der Waals surface area contributed by atoms with Gasteiger partial charge in [-0.05, 0) is 13.0 Å². The summed E-state index contributed by atoms with van der Waals surface area (Å²) in [5.74, 6) is 1.18. The highest BCUT2D eigenvalue weighted by Gasteiger charge is 2.06. The number of nitrogens with two attached hydrogens (primary N) is 1. The second-order valence-corrected chi connectivity index (χ2v) is 3.09. The fourth-order valence-corrected chi connectivity index (χ4v) is 1.19. The van der Waals surface area contributed by atoms with E-state index in [1.54, 1.807) is 19.2 Å². The van der Waals surface area contributed by atoms with Crippen molar-refractivity contribution in [3.05, 3.63) is 29.8 Å². The van der Waals surface area contributed by atoms with E-state index in [0.717, 1.165) is 0 Å². The Labute approximate surface area is 91.8 Å². The molecule has 6 heteroatoms. The molecule has 6 nitrogen and oxygen atoms in total. The molecule has 0 atom stereocenters. The third-order valence-corrected chi connectivity index (χ3v) is 1.94. The van der Waals surface area contributed by atoms with E-state index in [2.05, 4.69) is 19.9 Å². The topological polar surface area (TPSA) is 101 Å². The van der Waals surface area contributed by atoms with Gasteiger partial charge in [0.1, 0.15) is 29.0 Å². The van der Waals surface area contributed by atoms with Gasteiger partial charge in [0.25, 0.3) is 0 Å². The summed E-state index contributed by atoms with van der Waals surface area (Å²) >= 11 is 0. The summed E-state index contributed by atoms with van der Waals surface area (Å²) in [6, 6.07) is 3.59. The van der Waals surface area contributed by atoms with Gasteiger partial charge in [-0.1, -0.05) is 0 Å². The third-order valence-electron chi connectivity index (χ3n) is 1.94. The predicted molar refractivity (Wildman–Crippen MR) is 56.9 cm³/mol. The molecule has 16 heavy (non-hydrogen) atoms. The minimum absolute atomic E-state index is 0.156. The molecule has 2 aromatic heterocycles. The molecule has 0 fully saturated rings. The summed E-state index contributed by atoms with van der Waals surface area (Å²) in [7, 11) is 0. The van der Waals surface area contributed by atoms with Gasteiger partial charge in [0.15, 0.2) is 5.82 Å². The Kier molecular flexibility index (Phi) is 2.44. The smallest absolute Gasteiger partial charge is 0.180 e. The van der Waals surface area contributed by atoms with Crippen LogP contribution in [0.4, 0.5) is 5.82 Å². The van der Waals surface area contributed by atoms with Crippen molar-refractivity contribution >= 4 is 5.82 Å². The lowest BCUT2D eigenvalue weighted by Crippen LogP contribution is -2.00. The number of nitrogen functional groups attached to an aromatic ring is 1. The Morgan fingerprint density at radius 1 is 1.31 bits per heavy atom. The van der Waals surface area contributed by atoms with Crippen LogP contribution in [-0.4, -0.2) is 19.9 Å². The Morgan fingerprint density at radius 2 is 2.12 bits per heavy atom. The van der Waals surface area contributed by atoms with Crippen LogP contribution in [0.3, 0.4) is 0 Å². The maximum absolute atomic E-state index is 8.69. The lowest BCUT2D eigenvalue weighted by Gasteiger charge is -2.01. The number of anilines is 1. The fourth-order valence-electron chi connectivity index (χ4n) is 1.19. The first-order chi connectivity index (χ1) is 7.70. The number of hydrogen-bond donors (Lipinski definition) is 1. The predicted octanol–water partition coefficient (Wildman–Crippen LogP) is 0.696. The van der Waals surface area contributed by atoms with Gasteiger partial charge >= 0.3 is 0 Å². The highest BCUT2D eigenvalue weighted by Crippen LogP contribution is 2.14. The van der Waals surface area contributed by atoms with Crippen LogP contribution in [0.2, 0.25) is 0 Å². The molecule has 0 spiro atoms. The van der Waals surface area contributed by atoms with Crippen LogP contribution in [0.15, 0.2) is 18.5 Å². The lowest BCUT2D eigenvalue weighted by atomic mass is 10.3. The third kappa shape index (κ3) is 1.79. The van der Waals surface area contributed by atoms with E-state index >= 15 is 0 Å². The highest BCUT2D eigenvalue weighted by molar-refractivity contribution is 5.55. The maximum Gasteiger partial charge on any atom is 0.180 e. The molecule has 0 saturated carbocycles. The minimum atomic E-state index is 0.156. The first-order valence-electron chi connectivity index (χ1n) is 4.53. The molecule has 0 aliphatic heterocycles. The molecule has 0 bridgehead atoms. The van der Waals surface area contributed by atoms with Crippen LogP contribution in [0, 0.1) is 18.3 Å². The zero-order chi connectivity index (χ0) is 11.5. The van der Waals surface area contributed by atoms with E-state index < -0.39 is 0 Å². The van der Waals surface area contributed by atoms with Crippen molar-refractivity contribution in [2.75, 3.05) is 5.73 Å².